The number of carbonyl (C=O) groups is 1. The van der Waals surface area contributed by atoms with Crippen LogP contribution in [0.1, 0.15) is 18.7 Å². The van der Waals surface area contributed by atoms with Gasteiger partial charge in [-0.05, 0) is 26.0 Å². The van der Waals surface area contributed by atoms with Gasteiger partial charge in [0, 0.05) is 11.4 Å². The van der Waals surface area contributed by atoms with Crippen molar-refractivity contribution in [1.29, 1.82) is 0 Å². The van der Waals surface area contributed by atoms with E-state index in [1.54, 1.807) is 0 Å². The van der Waals surface area contributed by atoms with Crippen LogP contribution >= 0.6 is 11.3 Å². The van der Waals surface area contributed by atoms with Gasteiger partial charge >= 0.3 is 5.97 Å². The number of aliphatic hydroxyl groups is 1. The molecule has 0 fully saturated rings. The first-order valence-corrected chi connectivity index (χ1v) is 7.43. The summed E-state index contributed by atoms with van der Waals surface area (Å²) in [5.41, 5.74) is -1.14. The molecule has 0 amide bonds. The molecular formula is C10H15NO5S2. The highest BCUT2D eigenvalue weighted by Gasteiger charge is 2.21. The molecule has 6 nitrogen and oxygen atoms in total. The van der Waals surface area contributed by atoms with Crippen molar-refractivity contribution in [2.75, 3.05) is 6.54 Å². The van der Waals surface area contributed by atoms with Gasteiger partial charge in [0.05, 0.1) is 12.0 Å². The Kier molecular flexibility index (Phi) is 4.49. The Hall–Kier alpha value is -0.960. The van der Waals surface area contributed by atoms with Crippen molar-refractivity contribution in [3.8, 4) is 0 Å². The second kappa shape index (κ2) is 5.35. The molecule has 102 valence electrons. The number of sulfonamides is 1. The van der Waals surface area contributed by atoms with Crippen LogP contribution in [0.5, 0.6) is 0 Å². The standard InChI is InChI=1S/C10H15NO5S2/c1-10(2,14)6-11-18(15,16)9-4-3-7(17-9)5-8(12)13/h3-4,11,14H,5-6H2,1-2H3,(H,12,13). The van der Waals surface area contributed by atoms with E-state index in [0.717, 1.165) is 11.3 Å². The van der Waals surface area contributed by atoms with Gasteiger partial charge in [0.25, 0.3) is 0 Å². The molecule has 0 bridgehead atoms. The molecule has 0 unspecified atom stereocenters. The van der Waals surface area contributed by atoms with E-state index in [2.05, 4.69) is 4.72 Å². The van der Waals surface area contributed by atoms with Crippen LogP contribution in [0.25, 0.3) is 0 Å². The van der Waals surface area contributed by atoms with Crippen LogP contribution < -0.4 is 4.72 Å². The summed E-state index contributed by atoms with van der Waals surface area (Å²) in [7, 11) is -3.69. The van der Waals surface area contributed by atoms with Crippen LogP contribution in [0, 0.1) is 0 Å². The third kappa shape index (κ3) is 4.73. The fourth-order valence-electron chi connectivity index (χ4n) is 1.09. The molecule has 0 aliphatic rings. The zero-order valence-electron chi connectivity index (χ0n) is 10.0. The Bertz CT molecular complexity index is 527. The lowest BCUT2D eigenvalue weighted by molar-refractivity contribution is -0.136. The van der Waals surface area contributed by atoms with E-state index in [1.165, 1.54) is 26.0 Å². The normalized spacial score (nSPS) is 12.6. The fraction of sp³-hybridized carbons (Fsp3) is 0.500. The molecule has 0 atom stereocenters. The van der Waals surface area contributed by atoms with Gasteiger partial charge in [-0.15, -0.1) is 11.3 Å². The van der Waals surface area contributed by atoms with Crippen molar-refractivity contribution in [3.63, 3.8) is 0 Å². The number of aliphatic carboxylic acids is 1. The fourth-order valence-corrected chi connectivity index (χ4v) is 3.69. The van der Waals surface area contributed by atoms with Crippen LogP contribution in [0.2, 0.25) is 0 Å². The monoisotopic (exact) mass is 293 g/mol. The van der Waals surface area contributed by atoms with Crippen LogP contribution in [0.3, 0.4) is 0 Å². The maximum atomic E-state index is 11.8. The number of rotatable bonds is 6. The second-order valence-corrected chi connectivity index (χ2v) is 7.59. The van der Waals surface area contributed by atoms with E-state index < -0.39 is 21.6 Å². The maximum Gasteiger partial charge on any atom is 0.308 e. The Morgan fingerprint density at radius 1 is 1.44 bits per heavy atom. The summed E-state index contributed by atoms with van der Waals surface area (Å²) in [5.74, 6) is -1.01. The molecule has 0 aliphatic carbocycles. The van der Waals surface area contributed by atoms with Crippen molar-refractivity contribution in [1.82, 2.24) is 4.72 Å². The number of carboxylic acid groups (broad SMARTS) is 1. The third-order valence-electron chi connectivity index (χ3n) is 1.92. The van der Waals surface area contributed by atoms with Gasteiger partial charge < -0.3 is 10.2 Å². The topological polar surface area (TPSA) is 104 Å². The van der Waals surface area contributed by atoms with E-state index in [4.69, 9.17) is 5.11 Å². The first kappa shape index (κ1) is 15.1. The average molecular weight is 293 g/mol. The summed E-state index contributed by atoms with van der Waals surface area (Å²) < 4.78 is 25.9. The summed E-state index contributed by atoms with van der Waals surface area (Å²) >= 11 is 0.906. The van der Waals surface area contributed by atoms with Crippen molar-refractivity contribution < 1.29 is 23.4 Å². The van der Waals surface area contributed by atoms with Crippen molar-refractivity contribution in [3.05, 3.63) is 17.0 Å². The molecule has 0 saturated heterocycles. The highest BCUT2D eigenvalue weighted by molar-refractivity contribution is 7.91. The lowest BCUT2D eigenvalue weighted by Crippen LogP contribution is -2.37. The lowest BCUT2D eigenvalue weighted by atomic mass is 10.1. The first-order chi connectivity index (χ1) is 8.10. The molecule has 1 rings (SSSR count). The molecule has 0 saturated carbocycles. The van der Waals surface area contributed by atoms with Gasteiger partial charge in [0.2, 0.25) is 10.0 Å². The quantitative estimate of drug-likeness (QED) is 0.705. The van der Waals surface area contributed by atoms with Gasteiger partial charge in [0.15, 0.2) is 0 Å². The summed E-state index contributed by atoms with van der Waals surface area (Å²) in [6, 6.07) is 2.83. The first-order valence-electron chi connectivity index (χ1n) is 5.13. The molecule has 1 heterocycles. The minimum absolute atomic E-state index is 0.0444. The van der Waals surface area contributed by atoms with Gasteiger partial charge in [0.1, 0.15) is 4.21 Å². The summed E-state index contributed by atoms with van der Waals surface area (Å²) in [4.78, 5) is 11.0. The summed E-state index contributed by atoms with van der Waals surface area (Å²) in [6.07, 6.45) is -0.203. The zero-order chi connectivity index (χ0) is 14.0. The molecular weight excluding hydrogens is 278 g/mol. The van der Waals surface area contributed by atoms with Crippen molar-refractivity contribution in [2.45, 2.75) is 30.1 Å². The van der Waals surface area contributed by atoms with Gasteiger partial charge in [-0.1, -0.05) is 0 Å². The number of nitrogens with one attached hydrogen (secondary N) is 1. The van der Waals surface area contributed by atoms with E-state index in [-0.39, 0.29) is 17.2 Å². The van der Waals surface area contributed by atoms with Crippen molar-refractivity contribution >= 4 is 27.3 Å². The molecule has 1 aromatic rings. The largest absolute Gasteiger partial charge is 0.481 e. The van der Waals surface area contributed by atoms with E-state index >= 15 is 0 Å². The highest BCUT2D eigenvalue weighted by Crippen LogP contribution is 2.22. The number of hydrogen-bond donors (Lipinski definition) is 3. The van der Waals surface area contributed by atoms with E-state index in [1.807, 2.05) is 0 Å². The van der Waals surface area contributed by atoms with E-state index in [9.17, 15) is 18.3 Å². The summed E-state index contributed by atoms with van der Waals surface area (Å²) in [6.45, 7) is 2.86. The van der Waals surface area contributed by atoms with Crippen LogP contribution in [-0.2, 0) is 21.2 Å². The lowest BCUT2D eigenvalue weighted by Gasteiger charge is -2.17. The number of hydrogen-bond acceptors (Lipinski definition) is 5. The SMILES string of the molecule is CC(C)(O)CNS(=O)(=O)c1ccc(CC(=O)O)s1. The molecule has 0 radical (unpaired) electrons. The minimum atomic E-state index is -3.69. The predicted molar refractivity (Wildman–Crippen MR) is 67.1 cm³/mol. The Morgan fingerprint density at radius 3 is 2.56 bits per heavy atom. The average Bonchev–Trinajstić information content (AvgIpc) is 2.62. The Balaban J connectivity index is 2.79. The highest BCUT2D eigenvalue weighted by atomic mass is 32.2. The van der Waals surface area contributed by atoms with Crippen LogP contribution in [0.4, 0.5) is 0 Å². The molecule has 8 heteroatoms. The van der Waals surface area contributed by atoms with Crippen LogP contribution in [0.15, 0.2) is 16.3 Å². The van der Waals surface area contributed by atoms with E-state index in [0.29, 0.717) is 4.88 Å². The smallest absolute Gasteiger partial charge is 0.308 e. The number of carboxylic acids is 1. The van der Waals surface area contributed by atoms with Crippen LogP contribution in [-0.4, -0.2) is 36.7 Å². The van der Waals surface area contributed by atoms with Gasteiger partial charge in [-0.25, -0.2) is 13.1 Å². The summed E-state index contributed by atoms with van der Waals surface area (Å²) in [5, 5.41) is 18.0. The molecule has 0 spiro atoms. The Morgan fingerprint density at radius 2 is 2.06 bits per heavy atom. The van der Waals surface area contributed by atoms with Gasteiger partial charge in [-0.2, -0.15) is 0 Å². The number of thiophene rings is 1. The van der Waals surface area contributed by atoms with Gasteiger partial charge in [-0.3, -0.25) is 4.79 Å². The third-order valence-corrected chi connectivity index (χ3v) is 4.90. The van der Waals surface area contributed by atoms with Crippen molar-refractivity contribution in [2.24, 2.45) is 0 Å². The zero-order valence-corrected chi connectivity index (χ0v) is 11.6. The molecule has 1 aromatic heterocycles. The maximum absolute atomic E-state index is 11.8. The molecule has 18 heavy (non-hydrogen) atoms. The second-order valence-electron chi connectivity index (χ2n) is 4.43. The minimum Gasteiger partial charge on any atom is -0.481 e. The molecule has 0 aliphatic heterocycles. The predicted octanol–water partition coefficient (Wildman–Crippen LogP) is 0.424. The molecule has 3 N–H and O–H groups in total. The Labute approximate surface area is 109 Å². The molecule has 0 aromatic carbocycles.